The van der Waals surface area contributed by atoms with Crippen molar-refractivity contribution in [1.82, 2.24) is 0 Å². The first-order chi connectivity index (χ1) is 6.66. The largest absolute Gasteiger partial charge is 0.478 e. The van der Waals surface area contributed by atoms with Crippen LogP contribution in [0.15, 0.2) is 12.1 Å². The molecule has 0 aliphatic carbocycles. The first-order valence-electron chi connectivity index (χ1n) is 3.82. The van der Waals surface area contributed by atoms with E-state index in [1.54, 1.807) is 6.92 Å². The van der Waals surface area contributed by atoms with Crippen molar-refractivity contribution in [2.45, 2.75) is 6.92 Å². The first kappa shape index (κ1) is 10.8. The fraction of sp³-hybridized carbons (Fsp3) is 0.200. The summed E-state index contributed by atoms with van der Waals surface area (Å²) in [6.07, 6.45) is 0. The zero-order chi connectivity index (χ0) is 10.6. The van der Waals surface area contributed by atoms with Gasteiger partial charge in [0.15, 0.2) is 11.6 Å². The van der Waals surface area contributed by atoms with E-state index in [2.05, 4.69) is 11.8 Å². The minimum atomic E-state index is -1.10. The van der Waals surface area contributed by atoms with Crippen LogP contribution in [0.4, 0.5) is 8.78 Å². The summed E-state index contributed by atoms with van der Waals surface area (Å²) < 4.78 is 30.8. The highest BCUT2D eigenvalue weighted by molar-refractivity contribution is 6.30. The number of hydrogen-bond acceptors (Lipinski definition) is 1. The van der Waals surface area contributed by atoms with Crippen LogP contribution in [0, 0.1) is 23.5 Å². The van der Waals surface area contributed by atoms with Gasteiger partial charge in [-0.15, -0.1) is 5.92 Å². The smallest absolute Gasteiger partial charge is 0.202 e. The van der Waals surface area contributed by atoms with Crippen LogP contribution < -0.4 is 4.74 Å². The molecule has 0 spiro atoms. The van der Waals surface area contributed by atoms with Crippen LogP contribution in [0.2, 0.25) is 5.02 Å². The van der Waals surface area contributed by atoms with Crippen molar-refractivity contribution in [2.75, 3.05) is 6.61 Å². The Morgan fingerprint density at radius 2 is 2.07 bits per heavy atom. The zero-order valence-electron chi connectivity index (χ0n) is 7.40. The molecular formula is C10H7ClF2O. The predicted molar refractivity (Wildman–Crippen MR) is 50.3 cm³/mol. The second kappa shape index (κ2) is 4.83. The molecule has 0 heterocycles. The van der Waals surface area contributed by atoms with E-state index in [4.69, 9.17) is 16.3 Å². The van der Waals surface area contributed by atoms with Crippen LogP contribution in [-0.4, -0.2) is 6.61 Å². The van der Waals surface area contributed by atoms with E-state index in [0.717, 1.165) is 0 Å². The summed E-state index contributed by atoms with van der Waals surface area (Å²) in [5.41, 5.74) is 0. The van der Waals surface area contributed by atoms with E-state index in [9.17, 15) is 8.78 Å². The van der Waals surface area contributed by atoms with Gasteiger partial charge < -0.3 is 4.74 Å². The standard InChI is InChI=1S/C10H7ClF2O/c1-2-3-6-14-8-5-4-7(11)9(12)10(8)13/h4-5H,6H2,1H3. The van der Waals surface area contributed by atoms with Gasteiger partial charge in [0.1, 0.15) is 6.61 Å². The number of halogens is 3. The summed E-state index contributed by atoms with van der Waals surface area (Å²) in [5.74, 6) is 2.75. The highest BCUT2D eigenvalue weighted by atomic mass is 35.5. The molecule has 0 unspecified atom stereocenters. The van der Waals surface area contributed by atoms with E-state index < -0.39 is 11.6 Å². The summed E-state index contributed by atoms with van der Waals surface area (Å²) in [6, 6.07) is 2.49. The van der Waals surface area contributed by atoms with Crippen LogP contribution in [0.3, 0.4) is 0 Å². The Bertz CT molecular complexity index is 393. The quantitative estimate of drug-likeness (QED) is 0.546. The summed E-state index contributed by atoms with van der Waals surface area (Å²) in [4.78, 5) is 0. The third-order valence-electron chi connectivity index (χ3n) is 1.48. The molecule has 1 rings (SSSR count). The minimum absolute atomic E-state index is 0.0223. The van der Waals surface area contributed by atoms with E-state index in [1.807, 2.05) is 0 Å². The Morgan fingerprint density at radius 1 is 1.36 bits per heavy atom. The number of ether oxygens (including phenoxy) is 1. The molecule has 1 aromatic rings. The summed E-state index contributed by atoms with van der Waals surface area (Å²) in [7, 11) is 0. The van der Waals surface area contributed by atoms with Crippen molar-refractivity contribution in [3.63, 3.8) is 0 Å². The van der Waals surface area contributed by atoms with Crippen molar-refractivity contribution < 1.29 is 13.5 Å². The average molecular weight is 217 g/mol. The fourth-order valence-electron chi connectivity index (χ4n) is 0.806. The lowest BCUT2D eigenvalue weighted by atomic mass is 10.3. The van der Waals surface area contributed by atoms with Crippen LogP contribution in [0.25, 0.3) is 0 Å². The lowest BCUT2D eigenvalue weighted by molar-refractivity contribution is 0.338. The normalized spacial score (nSPS) is 9.14. The molecule has 1 nitrogen and oxygen atoms in total. The van der Waals surface area contributed by atoms with Crippen LogP contribution in [0.5, 0.6) is 5.75 Å². The molecule has 1 aromatic carbocycles. The molecule has 0 aromatic heterocycles. The van der Waals surface area contributed by atoms with Crippen molar-refractivity contribution in [2.24, 2.45) is 0 Å². The molecule has 0 amide bonds. The van der Waals surface area contributed by atoms with Gasteiger partial charge in [0.05, 0.1) is 5.02 Å². The molecule has 0 saturated heterocycles. The Balaban J connectivity index is 2.86. The van der Waals surface area contributed by atoms with Crippen molar-refractivity contribution in [1.29, 1.82) is 0 Å². The molecule has 0 aliphatic heterocycles. The summed E-state index contributed by atoms with van der Waals surface area (Å²) in [6.45, 7) is 1.65. The van der Waals surface area contributed by atoms with Gasteiger partial charge in [-0.2, -0.15) is 4.39 Å². The molecule has 0 bridgehead atoms. The lowest BCUT2D eigenvalue weighted by Gasteiger charge is -2.04. The number of rotatable bonds is 2. The van der Waals surface area contributed by atoms with Crippen LogP contribution in [-0.2, 0) is 0 Å². The maximum Gasteiger partial charge on any atom is 0.202 e. The van der Waals surface area contributed by atoms with Gasteiger partial charge in [0.2, 0.25) is 5.82 Å². The maximum atomic E-state index is 13.1. The number of hydrogen-bond donors (Lipinski definition) is 0. The third-order valence-corrected chi connectivity index (χ3v) is 1.77. The Labute approximate surface area is 85.6 Å². The predicted octanol–water partition coefficient (Wildman–Crippen LogP) is 3.02. The molecule has 74 valence electrons. The van der Waals surface area contributed by atoms with Gasteiger partial charge in [-0.25, -0.2) is 4.39 Å². The Hall–Kier alpha value is -1.27. The fourth-order valence-corrected chi connectivity index (χ4v) is 0.952. The molecule has 4 heteroatoms. The van der Waals surface area contributed by atoms with Gasteiger partial charge in [0.25, 0.3) is 0 Å². The average Bonchev–Trinajstić information content (AvgIpc) is 2.18. The second-order valence-electron chi connectivity index (χ2n) is 2.39. The molecule has 0 N–H and O–H groups in total. The lowest BCUT2D eigenvalue weighted by Crippen LogP contribution is -1.98. The number of benzene rings is 1. The molecule has 0 radical (unpaired) electrons. The highest BCUT2D eigenvalue weighted by Crippen LogP contribution is 2.25. The molecule has 0 atom stereocenters. The minimum Gasteiger partial charge on any atom is -0.478 e. The van der Waals surface area contributed by atoms with Gasteiger partial charge in [0, 0.05) is 0 Å². The Kier molecular flexibility index (Phi) is 3.73. The van der Waals surface area contributed by atoms with Gasteiger partial charge >= 0.3 is 0 Å². The van der Waals surface area contributed by atoms with Crippen LogP contribution >= 0.6 is 11.6 Å². The third kappa shape index (κ3) is 2.36. The summed E-state index contributed by atoms with van der Waals surface area (Å²) in [5, 5.41) is -0.267. The summed E-state index contributed by atoms with van der Waals surface area (Å²) >= 11 is 5.35. The second-order valence-corrected chi connectivity index (χ2v) is 2.80. The van der Waals surface area contributed by atoms with E-state index in [0.29, 0.717) is 0 Å². The Morgan fingerprint density at radius 3 is 2.71 bits per heavy atom. The van der Waals surface area contributed by atoms with Crippen molar-refractivity contribution >= 4 is 11.6 Å². The topological polar surface area (TPSA) is 9.23 Å². The zero-order valence-corrected chi connectivity index (χ0v) is 8.16. The van der Waals surface area contributed by atoms with E-state index in [-0.39, 0.29) is 17.4 Å². The van der Waals surface area contributed by atoms with Gasteiger partial charge in [-0.05, 0) is 19.1 Å². The molecule has 14 heavy (non-hydrogen) atoms. The SMILES string of the molecule is CC#CCOc1ccc(Cl)c(F)c1F. The maximum absolute atomic E-state index is 13.1. The van der Waals surface area contributed by atoms with Crippen LogP contribution in [0.1, 0.15) is 6.92 Å². The molecule has 0 aliphatic rings. The van der Waals surface area contributed by atoms with E-state index in [1.165, 1.54) is 12.1 Å². The highest BCUT2D eigenvalue weighted by Gasteiger charge is 2.12. The van der Waals surface area contributed by atoms with Crippen molar-refractivity contribution in [3.8, 4) is 17.6 Å². The monoisotopic (exact) mass is 216 g/mol. The molecular weight excluding hydrogens is 210 g/mol. The van der Waals surface area contributed by atoms with E-state index >= 15 is 0 Å². The van der Waals surface area contributed by atoms with Gasteiger partial charge in [-0.1, -0.05) is 17.5 Å². The van der Waals surface area contributed by atoms with Crippen molar-refractivity contribution in [3.05, 3.63) is 28.8 Å². The first-order valence-corrected chi connectivity index (χ1v) is 4.20. The molecule has 0 fully saturated rings. The van der Waals surface area contributed by atoms with Gasteiger partial charge in [-0.3, -0.25) is 0 Å². The molecule has 0 saturated carbocycles.